The quantitative estimate of drug-likeness (QED) is 0.437. The number of oxime groups is 1. The van der Waals surface area contributed by atoms with Crippen molar-refractivity contribution in [3.63, 3.8) is 0 Å². The number of methoxy groups -OCH3 is 2. The maximum Gasteiger partial charge on any atom is 0.360 e. The predicted octanol–water partition coefficient (Wildman–Crippen LogP) is 1.22. The van der Waals surface area contributed by atoms with Crippen LogP contribution in [-0.4, -0.2) is 33.0 Å². The van der Waals surface area contributed by atoms with Crippen LogP contribution in [0.5, 0.6) is 5.75 Å². The van der Waals surface area contributed by atoms with Crippen molar-refractivity contribution in [1.29, 1.82) is 0 Å². The summed E-state index contributed by atoms with van der Waals surface area (Å²) in [5, 5.41) is 3.63. The lowest BCUT2D eigenvalue weighted by molar-refractivity contribution is -0.132. The van der Waals surface area contributed by atoms with Crippen LogP contribution in [0, 0.1) is 0 Å². The third-order valence-electron chi connectivity index (χ3n) is 1.90. The second-order valence-corrected chi connectivity index (χ2v) is 2.85. The van der Waals surface area contributed by atoms with Gasteiger partial charge in [-0.05, 0) is 12.1 Å². The largest absolute Gasteiger partial charge is 0.497 e. The van der Waals surface area contributed by atoms with E-state index in [9.17, 15) is 4.79 Å². The van der Waals surface area contributed by atoms with E-state index in [1.807, 2.05) is 0 Å². The normalized spacial score (nSPS) is 10.8. The van der Waals surface area contributed by atoms with Crippen LogP contribution in [0.3, 0.4) is 0 Å². The van der Waals surface area contributed by atoms with Crippen LogP contribution in [-0.2, 0) is 14.4 Å². The Morgan fingerprint density at radius 3 is 2.56 bits per heavy atom. The van der Waals surface area contributed by atoms with Gasteiger partial charge in [0, 0.05) is 5.56 Å². The second kappa shape index (κ2) is 5.75. The molecule has 0 amide bonds. The lowest BCUT2D eigenvalue weighted by atomic mass is 10.1. The third-order valence-corrected chi connectivity index (χ3v) is 1.90. The van der Waals surface area contributed by atoms with Crippen LogP contribution in [0.2, 0.25) is 0 Å². The number of carbonyl (C=O) groups excluding carboxylic acids is 1. The van der Waals surface area contributed by atoms with E-state index in [1.54, 1.807) is 31.4 Å². The molecule has 1 rings (SSSR count). The molecule has 1 aromatic rings. The molecule has 0 bridgehead atoms. The topological polar surface area (TPSA) is 57.1 Å². The Hall–Kier alpha value is -2.04. The summed E-state index contributed by atoms with van der Waals surface area (Å²) in [7, 11) is 4.20. The highest BCUT2D eigenvalue weighted by Gasteiger charge is 2.15. The average molecular weight is 223 g/mol. The highest BCUT2D eigenvalue weighted by atomic mass is 16.6. The van der Waals surface area contributed by atoms with Crippen LogP contribution in [0.1, 0.15) is 5.56 Å². The minimum absolute atomic E-state index is 0.101. The zero-order valence-electron chi connectivity index (χ0n) is 9.39. The van der Waals surface area contributed by atoms with E-state index in [2.05, 4.69) is 14.7 Å². The second-order valence-electron chi connectivity index (χ2n) is 2.85. The summed E-state index contributed by atoms with van der Waals surface area (Å²) in [6, 6.07) is 6.92. The van der Waals surface area contributed by atoms with E-state index >= 15 is 0 Å². The van der Waals surface area contributed by atoms with Crippen molar-refractivity contribution < 1.29 is 19.1 Å². The minimum atomic E-state index is -0.560. The van der Waals surface area contributed by atoms with Crippen molar-refractivity contribution in [2.45, 2.75) is 0 Å². The number of esters is 1. The number of nitrogens with zero attached hydrogens (tertiary/aromatic N) is 1. The maximum absolute atomic E-state index is 11.4. The Morgan fingerprint density at radius 1 is 1.25 bits per heavy atom. The molecule has 16 heavy (non-hydrogen) atoms. The Labute approximate surface area is 93.6 Å². The molecule has 0 saturated heterocycles. The Morgan fingerprint density at radius 2 is 2.00 bits per heavy atom. The van der Waals surface area contributed by atoms with Crippen LogP contribution < -0.4 is 4.74 Å². The Kier molecular flexibility index (Phi) is 4.32. The molecule has 0 unspecified atom stereocenters. The predicted molar refractivity (Wildman–Crippen MR) is 58.6 cm³/mol. The summed E-state index contributed by atoms with van der Waals surface area (Å²) in [4.78, 5) is 16.0. The van der Waals surface area contributed by atoms with Gasteiger partial charge in [0.1, 0.15) is 12.9 Å². The van der Waals surface area contributed by atoms with Gasteiger partial charge in [0.25, 0.3) is 0 Å². The molecular formula is C11H13NO4. The molecule has 0 aromatic heterocycles. The van der Waals surface area contributed by atoms with Crippen molar-refractivity contribution in [1.82, 2.24) is 0 Å². The zero-order valence-corrected chi connectivity index (χ0v) is 9.39. The molecule has 0 heterocycles. The monoisotopic (exact) mass is 223 g/mol. The van der Waals surface area contributed by atoms with E-state index in [4.69, 9.17) is 4.74 Å². The smallest absolute Gasteiger partial charge is 0.360 e. The number of rotatable bonds is 4. The number of ether oxygens (including phenoxy) is 2. The SMILES string of the molecule is CON=C(C(=O)OC)c1cccc(OC)c1. The molecule has 0 radical (unpaired) electrons. The standard InChI is InChI=1S/C11H13NO4/c1-14-9-6-4-5-8(7-9)10(12-16-3)11(13)15-2/h4-7H,1-3H3. The number of hydrogen-bond acceptors (Lipinski definition) is 5. The van der Waals surface area contributed by atoms with Gasteiger partial charge in [0.2, 0.25) is 0 Å². The van der Waals surface area contributed by atoms with E-state index in [1.165, 1.54) is 14.2 Å². The van der Waals surface area contributed by atoms with Crippen molar-refractivity contribution >= 4 is 11.7 Å². The van der Waals surface area contributed by atoms with Gasteiger partial charge in [-0.1, -0.05) is 17.3 Å². The third kappa shape index (κ3) is 2.73. The van der Waals surface area contributed by atoms with Gasteiger partial charge < -0.3 is 14.3 Å². The van der Waals surface area contributed by atoms with Crippen LogP contribution >= 0.6 is 0 Å². The molecule has 0 aliphatic rings. The lowest BCUT2D eigenvalue weighted by Gasteiger charge is -2.05. The van der Waals surface area contributed by atoms with E-state index in [0.29, 0.717) is 11.3 Å². The van der Waals surface area contributed by atoms with Crippen molar-refractivity contribution in [3.8, 4) is 5.75 Å². The summed E-state index contributed by atoms with van der Waals surface area (Å²) in [6.45, 7) is 0. The van der Waals surface area contributed by atoms with Gasteiger partial charge in [-0.2, -0.15) is 0 Å². The molecule has 1 aromatic carbocycles. The molecule has 0 spiro atoms. The van der Waals surface area contributed by atoms with Gasteiger partial charge in [0.15, 0.2) is 5.71 Å². The summed E-state index contributed by atoms with van der Waals surface area (Å²) < 4.78 is 9.65. The Bertz CT molecular complexity index is 401. The fraction of sp³-hybridized carbons (Fsp3) is 0.273. The Balaban J connectivity index is 3.11. The van der Waals surface area contributed by atoms with E-state index in [-0.39, 0.29) is 5.71 Å². The molecule has 0 atom stereocenters. The molecule has 0 aliphatic carbocycles. The molecule has 86 valence electrons. The summed E-state index contributed by atoms with van der Waals surface area (Å²) in [6.07, 6.45) is 0. The first kappa shape index (κ1) is 12.0. The van der Waals surface area contributed by atoms with Crippen molar-refractivity contribution in [2.24, 2.45) is 5.16 Å². The fourth-order valence-corrected chi connectivity index (χ4v) is 1.17. The summed E-state index contributed by atoms with van der Waals surface area (Å²) in [5.41, 5.74) is 0.678. The van der Waals surface area contributed by atoms with Gasteiger partial charge in [-0.3, -0.25) is 0 Å². The highest BCUT2D eigenvalue weighted by molar-refractivity contribution is 6.43. The molecule has 0 fully saturated rings. The molecular weight excluding hydrogens is 210 g/mol. The van der Waals surface area contributed by atoms with Gasteiger partial charge >= 0.3 is 5.97 Å². The first-order valence-electron chi connectivity index (χ1n) is 4.56. The first-order valence-corrected chi connectivity index (χ1v) is 4.56. The number of hydrogen-bond donors (Lipinski definition) is 0. The zero-order chi connectivity index (χ0) is 12.0. The molecule has 0 saturated carbocycles. The molecule has 0 N–H and O–H groups in total. The van der Waals surface area contributed by atoms with E-state index < -0.39 is 5.97 Å². The van der Waals surface area contributed by atoms with E-state index in [0.717, 1.165) is 0 Å². The summed E-state index contributed by atoms with van der Waals surface area (Å²) >= 11 is 0. The van der Waals surface area contributed by atoms with Gasteiger partial charge in [0.05, 0.1) is 14.2 Å². The summed E-state index contributed by atoms with van der Waals surface area (Å²) in [5.74, 6) is 0.0697. The fourth-order valence-electron chi connectivity index (χ4n) is 1.17. The molecule has 5 heteroatoms. The van der Waals surface area contributed by atoms with Crippen LogP contribution in [0.15, 0.2) is 29.4 Å². The van der Waals surface area contributed by atoms with Gasteiger partial charge in [-0.25, -0.2) is 4.79 Å². The minimum Gasteiger partial charge on any atom is -0.497 e. The van der Waals surface area contributed by atoms with Crippen LogP contribution in [0.25, 0.3) is 0 Å². The lowest BCUT2D eigenvalue weighted by Crippen LogP contribution is -2.17. The average Bonchev–Trinajstić information content (AvgIpc) is 2.35. The first-order chi connectivity index (χ1) is 7.72. The van der Waals surface area contributed by atoms with Gasteiger partial charge in [-0.15, -0.1) is 0 Å². The molecule has 5 nitrogen and oxygen atoms in total. The van der Waals surface area contributed by atoms with Crippen molar-refractivity contribution in [2.75, 3.05) is 21.3 Å². The number of carbonyl (C=O) groups is 1. The van der Waals surface area contributed by atoms with Crippen LogP contribution in [0.4, 0.5) is 0 Å². The number of benzene rings is 1. The maximum atomic E-state index is 11.4. The molecule has 0 aliphatic heterocycles. The van der Waals surface area contributed by atoms with Crippen molar-refractivity contribution in [3.05, 3.63) is 29.8 Å². The highest BCUT2D eigenvalue weighted by Crippen LogP contribution is 2.14.